The molecule has 0 saturated heterocycles. The summed E-state index contributed by atoms with van der Waals surface area (Å²) < 4.78 is 5.05. The normalized spacial score (nSPS) is 12.8. The highest BCUT2D eigenvalue weighted by Crippen LogP contribution is 1.95. The fourth-order valence-electron chi connectivity index (χ4n) is 1.57. The SMILES string of the molecule is CCCNC(CN(C)CCC)C(=O)OCC. The second-order valence-corrected chi connectivity index (χ2v) is 4.02. The Kier molecular flexibility index (Phi) is 9.24. The minimum absolute atomic E-state index is 0.140. The average molecular weight is 230 g/mol. The molecule has 0 rings (SSSR count). The van der Waals surface area contributed by atoms with E-state index in [1.54, 1.807) is 0 Å². The summed E-state index contributed by atoms with van der Waals surface area (Å²) in [5, 5.41) is 3.23. The molecular formula is C12H26N2O2. The van der Waals surface area contributed by atoms with Gasteiger partial charge in [-0.1, -0.05) is 13.8 Å². The Labute approximate surface area is 99.3 Å². The predicted octanol–water partition coefficient (Wildman–Crippen LogP) is 1.26. The Balaban J connectivity index is 4.12. The summed E-state index contributed by atoms with van der Waals surface area (Å²) in [6.07, 6.45) is 2.12. The van der Waals surface area contributed by atoms with Crippen LogP contribution in [0.5, 0.6) is 0 Å². The number of nitrogens with zero attached hydrogens (tertiary/aromatic N) is 1. The van der Waals surface area contributed by atoms with Gasteiger partial charge in [-0.25, -0.2) is 0 Å². The number of carbonyl (C=O) groups excluding carboxylic acids is 1. The van der Waals surface area contributed by atoms with Crippen molar-refractivity contribution in [3.8, 4) is 0 Å². The van der Waals surface area contributed by atoms with Gasteiger partial charge in [0.2, 0.25) is 0 Å². The summed E-state index contributed by atoms with van der Waals surface area (Å²) >= 11 is 0. The third kappa shape index (κ3) is 6.80. The van der Waals surface area contributed by atoms with E-state index >= 15 is 0 Å². The van der Waals surface area contributed by atoms with Crippen molar-refractivity contribution in [2.24, 2.45) is 0 Å². The van der Waals surface area contributed by atoms with E-state index in [4.69, 9.17) is 4.74 Å². The molecule has 0 heterocycles. The van der Waals surface area contributed by atoms with Crippen LogP contribution in [0.2, 0.25) is 0 Å². The number of hydrogen-bond donors (Lipinski definition) is 1. The van der Waals surface area contributed by atoms with Crippen molar-refractivity contribution in [3.05, 3.63) is 0 Å². The number of hydrogen-bond acceptors (Lipinski definition) is 4. The van der Waals surface area contributed by atoms with Gasteiger partial charge < -0.3 is 15.0 Å². The van der Waals surface area contributed by atoms with Crippen LogP contribution >= 0.6 is 0 Å². The first-order valence-electron chi connectivity index (χ1n) is 6.24. The first kappa shape index (κ1) is 15.4. The molecule has 0 amide bonds. The molecule has 96 valence electrons. The fourth-order valence-corrected chi connectivity index (χ4v) is 1.57. The van der Waals surface area contributed by atoms with Gasteiger partial charge in [0, 0.05) is 6.54 Å². The Morgan fingerprint density at radius 1 is 1.31 bits per heavy atom. The molecule has 0 fully saturated rings. The number of ether oxygens (including phenoxy) is 1. The van der Waals surface area contributed by atoms with E-state index in [0.29, 0.717) is 13.2 Å². The summed E-state index contributed by atoms with van der Waals surface area (Å²) in [5.74, 6) is -0.140. The lowest BCUT2D eigenvalue weighted by molar-refractivity contribution is -0.146. The van der Waals surface area contributed by atoms with E-state index in [2.05, 4.69) is 24.1 Å². The molecule has 0 aliphatic heterocycles. The quantitative estimate of drug-likeness (QED) is 0.606. The van der Waals surface area contributed by atoms with E-state index in [9.17, 15) is 4.79 Å². The fraction of sp³-hybridized carbons (Fsp3) is 0.917. The number of rotatable bonds is 9. The van der Waals surface area contributed by atoms with Crippen LogP contribution < -0.4 is 5.32 Å². The minimum Gasteiger partial charge on any atom is -0.465 e. The van der Waals surface area contributed by atoms with Crippen molar-refractivity contribution in [1.29, 1.82) is 0 Å². The van der Waals surface area contributed by atoms with Crippen molar-refractivity contribution < 1.29 is 9.53 Å². The van der Waals surface area contributed by atoms with Gasteiger partial charge >= 0.3 is 5.97 Å². The van der Waals surface area contributed by atoms with Gasteiger partial charge in [0.15, 0.2) is 0 Å². The second-order valence-electron chi connectivity index (χ2n) is 4.02. The predicted molar refractivity (Wildman–Crippen MR) is 66.5 cm³/mol. The smallest absolute Gasteiger partial charge is 0.324 e. The summed E-state index contributed by atoms with van der Waals surface area (Å²) in [7, 11) is 2.03. The summed E-state index contributed by atoms with van der Waals surface area (Å²) in [6, 6.07) is -0.198. The Hall–Kier alpha value is -0.610. The number of likely N-dealkylation sites (N-methyl/N-ethyl adjacent to an activating group) is 1. The molecular weight excluding hydrogens is 204 g/mol. The minimum atomic E-state index is -0.198. The van der Waals surface area contributed by atoms with Crippen molar-refractivity contribution in [3.63, 3.8) is 0 Å². The molecule has 1 unspecified atom stereocenters. The highest BCUT2D eigenvalue weighted by atomic mass is 16.5. The third-order valence-electron chi connectivity index (χ3n) is 2.31. The highest BCUT2D eigenvalue weighted by Gasteiger charge is 2.20. The Bertz CT molecular complexity index is 186. The monoisotopic (exact) mass is 230 g/mol. The van der Waals surface area contributed by atoms with E-state index in [0.717, 1.165) is 25.9 Å². The zero-order valence-electron chi connectivity index (χ0n) is 11.1. The lowest BCUT2D eigenvalue weighted by atomic mass is 10.2. The van der Waals surface area contributed by atoms with Gasteiger partial charge in [0.05, 0.1) is 6.61 Å². The maximum absolute atomic E-state index is 11.7. The van der Waals surface area contributed by atoms with Crippen LogP contribution in [-0.2, 0) is 9.53 Å². The standard InChI is InChI=1S/C12H26N2O2/c1-5-8-13-11(12(15)16-7-3)10-14(4)9-6-2/h11,13H,5-10H2,1-4H3. The molecule has 1 N–H and O–H groups in total. The van der Waals surface area contributed by atoms with Crippen LogP contribution in [0.1, 0.15) is 33.6 Å². The Morgan fingerprint density at radius 2 is 2.00 bits per heavy atom. The van der Waals surface area contributed by atoms with Crippen molar-refractivity contribution in [1.82, 2.24) is 10.2 Å². The highest BCUT2D eigenvalue weighted by molar-refractivity contribution is 5.76. The van der Waals surface area contributed by atoms with Crippen LogP contribution in [-0.4, -0.2) is 50.2 Å². The van der Waals surface area contributed by atoms with Gasteiger partial charge in [-0.05, 0) is 39.9 Å². The average Bonchev–Trinajstić information content (AvgIpc) is 2.24. The number of nitrogens with one attached hydrogen (secondary N) is 1. The number of carbonyl (C=O) groups is 1. The van der Waals surface area contributed by atoms with E-state index in [1.807, 2.05) is 14.0 Å². The van der Waals surface area contributed by atoms with Gasteiger partial charge in [-0.2, -0.15) is 0 Å². The van der Waals surface area contributed by atoms with Crippen molar-refractivity contribution >= 4 is 5.97 Å². The van der Waals surface area contributed by atoms with Gasteiger partial charge in [-0.3, -0.25) is 4.79 Å². The molecule has 0 aromatic carbocycles. The molecule has 0 bridgehead atoms. The number of esters is 1. The lowest BCUT2D eigenvalue weighted by Gasteiger charge is -2.23. The Morgan fingerprint density at radius 3 is 2.50 bits per heavy atom. The van der Waals surface area contributed by atoms with Crippen LogP contribution in [0, 0.1) is 0 Å². The summed E-state index contributed by atoms with van der Waals surface area (Å²) in [6.45, 7) is 9.07. The first-order chi connectivity index (χ1) is 7.65. The van der Waals surface area contributed by atoms with Crippen LogP contribution in [0.3, 0.4) is 0 Å². The molecule has 4 heteroatoms. The molecule has 1 atom stereocenters. The molecule has 0 aliphatic carbocycles. The summed E-state index contributed by atoms with van der Waals surface area (Å²) in [5.41, 5.74) is 0. The van der Waals surface area contributed by atoms with Crippen molar-refractivity contribution in [2.75, 3.05) is 33.3 Å². The molecule has 0 aliphatic rings. The lowest BCUT2D eigenvalue weighted by Crippen LogP contribution is -2.46. The van der Waals surface area contributed by atoms with Crippen LogP contribution in [0.15, 0.2) is 0 Å². The molecule has 0 spiro atoms. The van der Waals surface area contributed by atoms with Gasteiger partial charge in [0.25, 0.3) is 0 Å². The van der Waals surface area contributed by atoms with Gasteiger partial charge in [-0.15, -0.1) is 0 Å². The summed E-state index contributed by atoms with van der Waals surface area (Å²) in [4.78, 5) is 13.8. The molecule has 0 aromatic heterocycles. The maximum Gasteiger partial charge on any atom is 0.324 e. The maximum atomic E-state index is 11.7. The largest absolute Gasteiger partial charge is 0.465 e. The van der Waals surface area contributed by atoms with Crippen molar-refractivity contribution in [2.45, 2.75) is 39.7 Å². The molecule has 4 nitrogen and oxygen atoms in total. The van der Waals surface area contributed by atoms with Crippen LogP contribution in [0.4, 0.5) is 0 Å². The second kappa shape index (κ2) is 9.60. The zero-order valence-corrected chi connectivity index (χ0v) is 11.1. The molecule has 16 heavy (non-hydrogen) atoms. The molecule has 0 radical (unpaired) electrons. The van der Waals surface area contributed by atoms with Gasteiger partial charge in [0.1, 0.15) is 6.04 Å². The van der Waals surface area contributed by atoms with Crippen LogP contribution in [0.25, 0.3) is 0 Å². The van der Waals surface area contributed by atoms with E-state index < -0.39 is 0 Å². The molecule has 0 aromatic rings. The third-order valence-corrected chi connectivity index (χ3v) is 2.31. The van der Waals surface area contributed by atoms with E-state index in [1.165, 1.54) is 0 Å². The first-order valence-corrected chi connectivity index (χ1v) is 6.24. The van der Waals surface area contributed by atoms with E-state index in [-0.39, 0.29) is 12.0 Å². The topological polar surface area (TPSA) is 41.6 Å². The zero-order chi connectivity index (χ0) is 12.4. The molecule has 0 saturated carbocycles.